The zero-order chi connectivity index (χ0) is 25.5. The molecule has 2 heteroatoms. The fourth-order valence-corrected chi connectivity index (χ4v) is 6.73. The Bertz CT molecular complexity index is 1030. The highest BCUT2D eigenvalue weighted by molar-refractivity contribution is 6.11. The molecule has 0 aromatic heterocycles. The van der Waals surface area contributed by atoms with Gasteiger partial charge in [-0.1, -0.05) is 90.1 Å². The summed E-state index contributed by atoms with van der Waals surface area (Å²) in [7, 11) is 0. The lowest BCUT2D eigenvalue weighted by Gasteiger charge is -2.37. The van der Waals surface area contributed by atoms with Crippen LogP contribution in [0.15, 0.2) is 48.5 Å². The van der Waals surface area contributed by atoms with E-state index in [0.29, 0.717) is 10.8 Å². The summed E-state index contributed by atoms with van der Waals surface area (Å²) in [6, 6.07) is 17.4. The van der Waals surface area contributed by atoms with Crippen LogP contribution < -0.4 is 9.47 Å². The number of ether oxygens (including phenoxy) is 2. The summed E-state index contributed by atoms with van der Waals surface area (Å²) in [5.74, 6) is 3.67. The number of benzene rings is 3. The fraction of sp³-hybridized carbons (Fsp3) is 0.588. The second kappa shape index (κ2) is 9.92. The molecule has 36 heavy (non-hydrogen) atoms. The number of hydrogen-bond acceptors (Lipinski definition) is 2. The van der Waals surface area contributed by atoms with Gasteiger partial charge in [-0.2, -0.15) is 0 Å². The summed E-state index contributed by atoms with van der Waals surface area (Å²) in [6.45, 7) is 14.3. The van der Waals surface area contributed by atoms with E-state index in [-0.39, 0.29) is 12.2 Å². The third-order valence-corrected chi connectivity index (χ3v) is 9.20. The first kappa shape index (κ1) is 25.4. The Labute approximate surface area is 218 Å². The average Bonchev–Trinajstić information content (AvgIpc) is 2.85. The van der Waals surface area contributed by atoms with Crippen LogP contribution in [-0.4, -0.2) is 12.2 Å². The molecule has 2 aliphatic rings. The summed E-state index contributed by atoms with van der Waals surface area (Å²) in [4.78, 5) is 0. The van der Waals surface area contributed by atoms with Crippen molar-refractivity contribution in [1.82, 2.24) is 0 Å². The van der Waals surface area contributed by atoms with Crippen molar-refractivity contribution in [2.45, 2.75) is 105 Å². The van der Waals surface area contributed by atoms with E-state index in [1.165, 1.54) is 47.2 Å². The second-order valence-corrected chi connectivity index (χ2v) is 13.7. The van der Waals surface area contributed by atoms with Gasteiger partial charge in [0.1, 0.15) is 11.5 Å². The van der Waals surface area contributed by atoms with Gasteiger partial charge in [0.2, 0.25) is 0 Å². The molecule has 0 heterocycles. The first-order valence-electron chi connectivity index (χ1n) is 14.4. The Kier molecular flexibility index (Phi) is 7.01. The summed E-state index contributed by atoms with van der Waals surface area (Å²) >= 11 is 0. The van der Waals surface area contributed by atoms with Crippen molar-refractivity contribution >= 4 is 21.5 Å². The van der Waals surface area contributed by atoms with Gasteiger partial charge in [0, 0.05) is 21.5 Å². The Hall–Kier alpha value is -2.22. The van der Waals surface area contributed by atoms with Crippen LogP contribution in [0, 0.1) is 22.7 Å². The minimum absolute atomic E-state index is 0.287. The normalized spacial score (nSPS) is 25.7. The van der Waals surface area contributed by atoms with Crippen LogP contribution in [-0.2, 0) is 0 Å². The van der Waals surface area contributed by atoms with Gasteiger partial charge in [0.05, 0.1) is 12.2 Å². The van der Waals surface area contributed by atoms with Crippen molar-refractivity contribution in [3.8, 4) is 11.5 Å². The summed E-state index contributed by atoms with van der Waals surface area (Å²) in [5.41, 5.74) is 0.769. The first-order chi connectivity index (χ1) is 17.1. The van der Waals surface area contributed by atoms with Crippen LogP contribution >= 0.6 is 0 Å². The van der Waals surface area contributed by atoms with Gasteiger partial charge in [-0.05, 0) is 74.0 Å². The number of fused-ring (bicyclic) bond motifs is 2. The van der Waals surface area contributed by atoms with Crippen LogP contribution in [0.5, 0.6) is 11.5 Å². The molecule has 0 aliphatic heterocycles. The highest BCUT2D eigenvalue weighted by Crippen LogP contribution is 2.46. The maximum atomic E-state index is 6.88. The van der Waals surface area contributed by atoms with E-state index in [1.54, 1.807) is 0 Å². The molecule has 2 fully saturated rings. The number of rotatable bonds is 4. The van der Waals surface area contributed by atoms with Gasteiger partial charge in [-0.15, -0.1) is 0 Å². The lowest BCUT2D eigenvalue weighted by Crippen LogP contribution is -2.31. The molecule has 3 aromatic carbocycles. The van der Waals surface area contributed by atoms with Gasteiger partial charge in [0.15, 0.2) is 0 Å². The molecule has 2 nitrogen and oxygen atoms in total. The van der Waals surface area contributed by atoms with Crippen LogP contribution in [0.4, 0.5) is 0 Å². The molecule has 0 bridgehead atoms. The molecule has 0 amide bonds. The van der Waals surface area contributed by atoms with E-state index in [4.69, 9.17) is 9.47 Å². The lowest BCUT2D eigenvalue weighted by atomic mass is 9.72. The molecule has 194 valence electrons. The van der Waals surface area contributed by atoms with E-state index >= 15 is 0 Å². The Morgan fingerprint density at radius 3 is 1.00 bits per heavy atom. The molecule has 0 spiro atoms. The van der Waals surface area contributed by atoms with E-state index in [1.807, 2.05) is 0 Å². The topological polar surface area (TPSA) is 18.5 Å². The SMILES string of the molecule is CC(C)(C)C1CCC(Oc2c3ccccc3c(OC3CCC(C(C)(C)C)CC3)c3ccccc23)CC1. The molecule has 0 saturated heterocycles. The molecule has 0 unspecified atom stereocenters. The second-order valence-electron chi connectivity index (χ2n) is 13.7. The standard InChI is InChI=1S/C34H46O2/c1-33(2,3)23-15-19-25(20-16-23)35-31-27-11-7-9-13-29(27)32(30-14-10-8-12-28(30)31)36-26-21-17-24(18-22-26)34(4,5)6/h7-14,23-26H,15-22H2,1-6H3. The van der Waals surface area contributed by atoms with Crippen molar-refractivity contribution in [2.75, 3.05) is 0 Å². The van der Waals surface area contributed by atoms with E-state index in [2.05, 4.69) is 90.1 Å². The Morgan fingerprint density at radius 1 is 0.472 bits per heavy atom. The molecular weight excluding hydrogens is 440 g/mol. The molecule has 0 N–H and O–H groups in total. The lowest BCUT2D eigenvalue weighted by molar-refractivity contribution is 0.0885. The quantitative estimate of drug-likeness (QED) is 0.342. The molecule has 2 aliphatic carbocycles. The predicted molar refractivity (Wildman–Crippen MR) is 153 cm³/mol. The average molecular weight is 487 g/mol. The Balaban J connectivity index is 1.45. The maximum Gasteiger partial charge on any atom is 0.135 e. The highest BCUT2D eigenvalue weighted by Gasteiger charge is 2.33. The van der Waals surface area contributed by atoms with Gasteiger partial charge in [0.25, 0.3) is 0 Å². The Morgan fingerprint density at radius 2 is 0.750 bits per heavy atom. The van der Waals surface area contributed by atoms with Crippen molar-refractivity contribution < 1.29 is 9.47 Å². The van der Waals surface area contributed by atoms with E-state index in [9.17, 15) is 0 Å². The highest BCUT2D eigenvalue weighted by atomic mass is 16.5. The van der Waals surface area contributed by atoms with Gasteiger partial charge < -0.3 is 9.47 Å². The summed E-state index contributed by atoms with van der Waals surface area (Å²) in [5, 5.41) is 4.75. The number of hydrogen-bond donors (Lipinski definition) is 0. The molecule has 2 saturated carbocycles. The van der Waals surface area contributed by atoms with E-state index < -0.39 is 0 Å². The van der Waals surface area contributed by atoms with Gasteiger partial charge in [-0.3, -0.25) is 0 Å². The predicted octanol–water partition coefficient (Wildman–Crippen LogP) is 9.96. The third-order valence-electron chi connectivity index (χ3n) is 9.20. The first-order valence-corrected chi connectivity index (χ1v) is 14.4. The van der Waals surface area contributed by atoms with Gasteiger partial charge >= 0.3 is 0 Å². The van der Waals surface area contributed by atoms with Crippen molar-refractivity contribution in [1.29, 1.82) is 0 Å². The van der Waals surface area contributed by atoms with Crippen molar-refractivity contribution in [2.24, 2.45) is 22.7 Å². The summed E-state index contributed by atoms with van der Waals surface area (Å²) < 4.78 is 13.8. The van der Waals surface area contributed by atoms with Crippen LogP contribution in [0.3, 0.4) is 0 Å². The zero-order valence-corrected chi connectivity index (χ0v) is 23.4. The summed E-state index contributed by atoms with van der Waals surface area (Å²) in [6.07, 6.45) is 10.1. The third kappa shape index (κ3) is 5.24. The minimum Gasteiger partial charge on any atom is -0.489 e. The monoisotopic (exact) mass is 486 g/mol. The molecule has 3 aromatic rings. The minimum atomic E-state index is 0.287. The maximum absolute atomic E-state index is 6.88. The van der Waals surface area contributed by atoms with Crippen LogP contribution in [0.2, 0.25) is 0 Å². The van der Waals surface area contributed by atoms with Crippen molar-refractivity contribution in [3.05, 3.63) is 48.5 Å². The molecule has 0 radical (unpaired) electrons. The van der Waals surface area contributed by atoms with Crippen LogP contribution in [0.1, 0.15) is 92.9 Å². The largest absolute Gasteiger partial charge is 0.489 e. The fourth-order valence-electron chi connectivity index (χ4n) is 6.73. The zero-order valence-electron chi connectivity index (χ0n) is 23.4. The van der Waals surface area contributed by atoms with Crippen LogP contribution in [0.25, 0.3) is 21.5 Å². The van der Waals surface area contributed by atoms with E-state index in [0.717, 1.165) is 49.0 Å². The molecule has 5 rings (SSSR count). The van der Waals surface area contributed by atoms with Gasteiger partial charge in [-0.25, -0.2) is 0 Å². The van der Waals surface area contributed by atoms with Crippen molar-refractivity contribution in [3.63, 3.8) is 0 Å². The molecular formula is C34H46O2. The smallest absolute Gasteiger partial charge is 0.135 e. The molecule has 0 atom stereocenters.